The van der Waals surface area contributed by atoms with Crippen LogP contribution in [0.5, 0.6) is 5.75 Å². The summed E-state index contributed by atoms with van der Waals surface area (Å²) in [5, 5.41) is 17.8. The number of hydrogen-bond donors (Lipinski definition) is 0. The summed E-state index contributed by atoms with van der Waals surface area (Å²) in [7, 11) is 0. The van der Waals surface area contributed by atoms with Crippen molar-refractivity contribution in [3.8, 4) is 40.1 Å². The maximum atomic E-state index is 11.3. The van der Waals surface area contributed by atoms with Gasteiger partial charge in [-0.2, -0.15) is 10.5 Å². The number of unbranched alkanes of at least 4 members (excludes halogenated alkanes) is 3. The molecular formula is C32H30N2O3. The van der Waals surface area contributed by atoms with E-state index in [-0.39, 0.29) is 11.5 Å². The highest BCUT2D eigenvalue weighted by atomic mass is 16.5. The fraction of sp³-hybridized carbons (Fsp3) is 0.219. The average molecular weight is 491 g/mol. The minimum Gasteiger partial charge on any atom is -0.494 e. The molecular weight excluding hydrogens is 460 g/mol. The molecule has 0 amide bonds. The molecule has 0 saturated carbocycles. The molecule has 0 bridgehead atoms. The minimum atomic E-state index is -0.323. The second kappa shape index (κ2) is 14.1. The van der Waals surface area contributed by atoms with Gasteiger partial charge in [-0.1, -0.05) is 67.2 Å². The number of benzene rings is 3. The number of carbonyl (C=O) groups excluding carboxylic acids is 1. The first kappa shape index (κ1) is 27.0. The van der Waals surface area contributed by atoms with E-state index in [1.807, 2.05) is 48.5 Å². The van der Waals surface area contributed by atoms with Gasteiger partial charge in [0.25, 0.3) is 0 Å². The molecule has 0 aliphatic carbocycles. The zero-order chi connectivity index (χ0) is 26.5. The maximum absolute atomic E-state index is 11.3. The Hall–Kier alpha value is -4.61. The first-order chi connectivity index (χ1) is 18.0. The summed E-state index contributed by atoms with van der Waals surface area (Å²) in [4.78, 5) is 11.3. The molecule has 0 fully saturated rings. The molecule has 3 rings (SSSR count). The molecule has 5 heteroatoms. The van der Waals surface area contributed by atoms with Crippen molar-refractivity contribution in [1.29, 1.82) is 10.5 Å². The lowest BCUT2D eigenvalue weighted by Gasteiger charge is -2.09. The molecule has 3 aromatic carbocycles. The molecule has 0 atom stereocenters. The van der Waals surface area contributed by atoms with Crippen molar-refractivity contribution in [1.82, 2.24) is 0 Å². The van der Waals surface area contributed by atoms with Crippen molar-refractivity contribution in [2.24, 2.45) is 0 Å². The number of esters is 1. The zero-order valence-corrected chi connectivity index (χ0v) is 21.1. The summed E-state index contributed by atoms with van der Waals surface area (Å²) in [5.41, 5.74) is 5.73. The number of nitriles is 2. The second-order valence-corrected chi connectivity index (χ2v) is 8.68. The van der Waals surface area contributed by atoms with Crippen molar-refractivity contribution in [2.45, 2.75) is 32.6 Å². The summed E-state index contributed by atoms with van der Waals surface area (Å²) in [6, 6.07) is 28.0. The van der Waals surface area contributed by atoms with Gasteiger partial charge in [0, 0.05) is 5.57 Å². The number of carbonyl (C=O) groups is 1. The summed E-state index contributed by atoms with van der Waals surface area (Å²) in [6.45, 7) is 6.31. The Balaban J connectivity index is 1.44. The first-order valence-corrected chi connectivity index (χ1v) is 12.3. The molecule has 37 heavy (non-hydrogen) atoms. The van der Waals surface area contributed by atoms with Crippen LogP contribution in [0.2, 0.25) is 0 Å². The first-order valence-electron chi connectivity index (χ1n) is 12.3. The van der Waals surface area contributed by atoms with Gasteiger partial charge in [0.2, 0.25) is 0 Å². The standard InChI is InChI=1S/C32H30N2O3/c1-24(2)32(35)37-20-6-4-3-5-19-36-31-17-15-30(16-18-31)29-13-11-28(12-14-29)27-9-7-25(8-10-27)21-26(22-33)23-34/h7-18,21H,1,3-6,19-20H2,2H3. The molecule has 5 nitrogen and oxygen atoms in total. The van der Waals surface area contributed by atoms with E-state index in [4.69, 9.17) is 20.0 Å². The van der Waals surface area contributed by atoms with Gasteiger partial charge in [-0.15, -0.1) is 0 Å². The van der Waals surface area contributed by atoms with Crippen LogP contribution in [-0.2, 0) is 9.53 Å². The molecule has 0 heterocycles. The van der Waals surface area contributed by atoms with E-state index >= 15 is 0 Å². The Bertz CT molecular complexity index is 1290. The number of ether oxygens (including phenoxy) is 2. The topological polar surface area (TPSA) is 83.1 Å². The van der Waals surface area contributed by atoms with Crippen LogP contribution in [-0.4, -0.2) is 19.2 Å². The van der Waals surface area contributed by atoms with Gasteiger partial charge < -0.3 is 9.47 Å². The third-order valence-corrected chi connectivity index (χ3v) is 5.76. The van der Waals surface area contributed by atoms with Gasteiger partial charge in [-0.05, 0) is 78.6 Å². The Morgan fingerprint density at radius 2 is 1.22 bits per heavy atom. The third kappa shape index (κ3) is 8.53. The van der Waals surface area contributed by atoms with Crippen molar-refractivity contribution < 1.29 is 14.3 Å². The highest BCUT2D eigenvalue weighted by Gasteiger charge is 2.04. The quantitative estimate of drug-likeness (QED) is 0.114. The van der Waals surface area contributed by atoms with Gasteiger partial charge >= 0.3 is 5.97 Å². The largest absolute Gasteiger partial charge is 0.494 e. The Morgan fingerprint density at radius 3 is 1.70 bits per heavy atom. The number of allylic oxidation sites excluding steroid dienone is 1. The van der Waals surface area contributed by atoms with Crippen LogP contribution >= 0.6 is 0 Å². The van der Waals surface area contributed by atoms with Crippen LogP contribution in [0.25, 0.3) is 28.3 Å². The molecule has 0 N–H and O–H groups in total. The predicted molar refractivity (Wildman–Crippen MR) is 146 cm³/mol. The average Bonchev–Trinajstić information content (AvgIpc) is 2.93. The van der Waals surface area contributed by atoms with Crippen LogP contribution in [0.15, 0.2) is 90.5 Å². The van der Waals surface area contributed by atoms with E-state index in [0.717, 1.165) is 59.3 Å². The Labute approximate surface area is 218 Å². The van der Waals surface area contributed by atoms with Crippen LogP contribution in [0.1, 0.15) is 38.2 Å². The van der Waals surface area contributed by atoms with E-state index in [1.54, 1.807) is 13.0 Å². The van der Waals surface area contributed by atoms with E-state index in [2.05, 4.69) is 43.0 Å². The molecule has 0 aliphatic rings. The summed E-state index contributed by atoms with van der Waals surface area (Å²) in [5.74, 6) is 0.525. The van der Waals surface area contributed by atoms with Crippen LogP contribution in [0.4, 0.5) is 0 Å². The molecule has 0 saturated heterocycles. The fourth-order valence-electron chi connectivity index (χ4n) is 3.66. The highest BCUT2D eigenvalue weighted by molar-refractivity contribution is 5.86. The van der Waals surface area contributed by atoms with Crippen molar-refractivity contribution in [3.05, 3.63) is 96.1 Å². The normalized spacial score (nSPS) is 10.0. The lowest BCUT2D eigenvalue weighted by Crippen LogP contribution is -2.06. The predicted octanol–water partition coefficient (Wildman–Crippen LogP) is 7.51. The van der Waals surface area contributed by atoms with Crippen molar-refractivity contribution >= 4 is 12.0 Å². The third-order valence-electron chi connectivity index (χ3n) is 5.76. The van der Waals surface area contributed by atoms with E-state index in [9.17, 15) is 4.79 Å². The number of nitrogens with zero attached hydrogens (tertiary/aromatic N) is 2. The van der Waals surface area contributed by atoms with Gasteiger partial charge in [0.05, 0.1) is 13.2 Å². The van der Waals surface area contributed by atoms with Crippen molar-refractivity contribution in [2.75, 3.05) is 13.2 Å². The maximum Gasteiger partial charge on any atom is 0.333 e. The summed E-state index contributed by atoms with van der Waals surface area (Å²) in [6.07, 6.45) is 5.39. The molecule has 0 spiro atoms. The summed E-state index contributed by atoms with van der Waals surface area (Å²) >= 11 is 0. The lowest BCUT2D eigenvalue weighted by molar-refractivity contribution is -0.139. The van der Waals surface area contributed by atoms with Gasteiger partial charge in [-0.25, -0.2) is 4.79 Å². The van der Waals surface area contributed by atoms with Crippen LogP contribution < -0.4 is 4.74 Å². The molecule has 0 radical (unpaired) electrons. The Morgan fingerprint density at radius 1 is 0.757 bits per heavy atom. The minimum absolute atomic E-state index is 0.0873. The van der Waals surface area contributed by atoms with Crippen LogP contribution in [0, 0.1) is 22.7 Å². The van der Waals surface area contributed by atoms with Gasteiger partial charge in [-0.3, -0.25) is 0 Å². The van der Waals surface area contributed by atoms with E-state index in [1.165, 1.54) is 0 Å². The molecule has 0 aliphatic heterocycles. The highest BCUT2D eigenvalue weighted by Crippen LogP contribution is 2.27. The number of rotatable bonds is 12. The van der Waals surface area contributed by atoms with Gasteiger partial charge in [0.15, 0.2) is 0 Å². The summed E-state index contributed by atoms with van der Waals surface area (Å²) < 4.78 is 11.0. The smallest absolute Gasteiger partial charge is 0.333 e. The van der Waals surface area contributed by atoms with E-state index in [0.29, 0.717) is 18.8 Å². The van der Waals surface area contributed by atoms with Crippen molar-refractivity contribution in [3.63, 3.8) is 0 Å². The Kier molecular flexibility index (Phi) is 10.3. The molecule has 0 aromatic heterocycles. The SMILES string of the molecule is C=C(C)C(=O)OCCCCCCOc1ccc(-c2ccc(-c3ccc(C=C(C#N)C#N)cc3)cc2)cc1. The molecule has 3 aromatic rings. The van der Waals surface area contributed by atoms with Gasteiger partial charge in [0.1, 0.15) is 23.5 Å². The number of hydrogen-bond acceptors (Lipinski definition) is 5. The zero-order valence-electron chi connectivity index (χ0n) is 21.1. The van der Waals surface area contributed by atoms with E-state index < -0.39 is 0 Å². The molecule has 0 unspecified atom stereocenters. The fourth-order valence-corrected chi connectivity index (χ4v) is 3.66. The lowest BCUT2D eigenvalue weighted by atomic mass is 9.99. The monoisotopic (exact) mass is 490 g/mol. The van der Waals surface area contributed by atoms with Crippen LogP contribution in [0.3, 0.4) is 0 Å². The second-order valence-electron chi connectivity index (χ2n) is 8.68. The molecule has 186 valence electrons.